The van der Waals surface area contributed by atoms with Crippen molar-refractivity contribution in [2.45, 2.75) is 6.42 Å². The van der Waals surface area contributed by atoms with Gasteiger partial charge >= 0.3 is 0 Å². The average Bonchev–Trinajstić information content (AvgIpc) is 2.58. The second-order valence-corrected chi connectivity index (χ2v) is 5.81. The number of carbonyl (C=O) groups is 2. The molecule has 0 aliphatic rings. The maximum atomic E-state index is 11.8. The van der Waals surface area contributed by atoms with Crippen molar-refractivity contribution in [3.8, 4) is 0 Å². The van der Waals surface area contributed by atoms with Gasteiger partial charge in [0.25, 0.3) is 5.69 Å². The Kier molecular flexibility index (Phi) is 6.65. The molecule has 10 heteroatoms. The molecule has 2 rings (SSSR count). The summed E-state index contributed by atoms with van der Waals surface area (Å²) in [4.78, 5) is 33.5. The van der Waals surface area contributed by atoms with Gasteiger partial charge < -0.3 is 5.32 Å². The van der Waals surface area contributed by atoms with Crippen molar-refractivity contribution in [2.75, 3.05) is 5.32 Å². The Balaban J connectivity index is 1.82. The third-order valence-electron chi connectivity index (χ3n) is 3.03. The van der Waals surface area contributed by atoms with Crippen LogP contribution in [0.25, 0.3) is 0 Å². The lowest BCUT2D eigenvalue weighted by Gasteiger charge is -2.05. The number of benzene rings is 2. The number of hydrazone groups is 1. The van der Waals surface area contributed by atoms with E-state index in [1.807, 2.05) is 0 Å². The van der Waals surface area contributed by atoms with Crippen LogP contribution in [0.15, 0.2) is 47.6 Å². The van der Waals surface area contributed by atoms with Crippen molar-refractivity contribution in [3.05, 3.63) is 68.2 Å². The molecule has 0 bridgehead atoms. The van der Waals surface area contributed by atoms with Gasteiger partial charge in [0.1, 0.15) is 6.42 Å². The molecule has 2 aromatic rings. The lowest BCUT2D eigenvalue weighted by molar-refractivity contribution is -0.384. The minimum atomic E-state index is -0.624. The summed E-state index contributed by atoms with van der Waals surface area (Å²) in [6.45, 7) is 0. The Morgan fingerprint density at radius 1 is 1.08 bits per heavy atom. The Morgan fingerprint density at radius 3 is 2.38 bits per heavy atom. The smallest absolute Gasteiger partial charge is 0.269 e. The van der Waals surface area contributed by atoms with Crippen LogP contribution in [-0.2, 0) is 9.59 Å². The number of nitro groups is 1. The molecule has 26 heavy (non-hydrogen) atoms. The normalized spacial score (nSPS) is 10.5. The van der Waals surface area contributed by atoms with Gasteiger partial charge in [0.2, 0.25) is 11.8 Å². The van der Waals surface area contributed by atoms with E-state index in [4.69, 9.17) is 23.2 Å². The molecule has 0 saturated carbocycles. The second-order valence-electron chi connectivity index (χ2n) is 5.00. The maximum Gasteiger partial charge on any atom is 0.269 e. The van der Waals surface area contributed by atoms with E-state index in [2.05, 4.69) is 15.8 Å². The Labute approximate surface area is 157 Å². The van der Waals surface area contributed by atoms with Gasteiger partial charge in [-0.3, -0.25) is 19.7 Å². The number of halogens is 2. The molecule has 0 aliphatic heterocycles. The highest BCUT2D eigenvalue weighted by Crippen LogP contribution is 2.25. The van der Waals surface area contributed by atoms with Crippen LogP contribution in [-0.4, -0.2) is 23.0 Å². The van der Waals surface area contributed by atoms with Gasteiger partial charge in [-0.05, 0) is 35.9 Å². The first-order valence-electron chi connectivity index (χ1n) is 7.16. The van der Waals surface area contributed by atoms with Gasteiger partial charge in [-0.25, -0.2) is 5.43 Å². The van der Waals surface area contributed by atoms with Crippen molar-refractivity contribution in [1.82, 2.24) is 5.43 Å². The van der Waals surface area contributed by atoms with E-state index in [0.717, 1.165) is 0 Å². The van der Waals surface area contributed by atoms with E-state index < -0.39 is 23.2 Å². The molecule has 0 fully saturated rings. The molecule has 0 saturated heterocycles. The van der Waals surface area contributed by atoms with Crippen molar-refractivity contribution in [3.63, 3.8) is 0 Å². The summed E-state index contributed by atoms with van der Waals surface area (Å²) in [5.41, 5.74) is 3.10. The van der Waals surface area contributed by atoms with Crippen LogP contribution in [0.1, 0.15) is 12.0 Å². The van der Waals surface area contributed by atoms with E-state index in [9.17, 15) is 19.7 Å². The van der Waals surface area contributed by atoms with E-state index in [-0.39, 0.29) is 10.7 Å². The van der Waals surface area contributed by atoms with E-state index in [1.54, 1.807) is 6.07 Å². The summed E-state index contributed by atoms with van der Waals surface area (Å²) in [5.74, 6) is -1.17. The number of hydrogen-bond donors (Lipinski definition) is 2. The fraction of sp³-hybridized carbons (Fsp3) is 0.0625. The largest absolute Gasteiger partial charge is 0.326 e. The zero-order valence-electron chi connectivity index (χ0n) is 13.1. The average molecular weight is 395 g/mol. The molecule has 0 radical (unpaired) electrons. The monoisotopic (exact) mass is 394 g/mol. The topological polar surface area (TPSA) is 114 Å². The number of nitrogens with one attached hydrogen (secondary N) is 2. The first-order chi connectivity index (χ1) is 12.3. The highest BCUT2D eigenvalue weighted by Gasteiger charge is 2.10. The molecule has 0 spiro atoms. The number of non-ortho nitro benzene ring substituents is 1. The number of carbonyl (C=O) groups excluding carboxylic acids is 2. The number of nitro benzene ring substituents is 1. The molecule has 134 valence electrons. The summed E-state index contributed by atoms with van der Waals surface area (Å²) < 4.78 is 0. The first kappa shape index (κ1) is 19.4. The summed E-state index contributed by atoms with van der Waals surface area (Å²) in [7, 11) is 0. The number of anilines is 1. The molecule has 2 amide bonds. The number of hydrogen-bond acceptors (Lipinski definition) is 5. The first-order valence-corrected chi connectivity index (χ1v) is 7.92. The van der Waals surface area contributed by atoms with Crippen LogP contribution in [0.2, 0.25) is 10.0 Å². The third kappa shape index (κ3) is 5.83. The van der Waals surface area contributed by atoms with Crippen LogP contribution in [0.4, 0.5) is 11.4 Å². The minimum Gasteiger partial charge on any atom is -0.326 e. The fourth-order valence-electron chi connectivity index (χ4n) is 1.83. The van der Waals surface area contributed by atoms with Crippen molar-refractivity contribution < 1.29 is 14.5 Å². The lowest BCUT2D eigenvalue weighted by atomic mass is 10.2. The van der Waals surface area contributed by atoms with E-state index in [0.29, 0.717) is 16.3 Å². The van der Waals surface area contributed by atoms with Crippen LogP contribution in [0.3, 0.4) is 0 Å². The molecule has 8 nitrogen and oxygen atoms in total. The third-order valence-corrected chi connectivity index (χ3v) is 3.77. The van der Waals surface area contributed by atoms with Crippen molar-refractivity contribution in [2.24, 2.45) is 5.10 Å². The fourth-order valence-corrected chi connectivity index (χ4v) is 2.12. The second kappa shape index (κ2) is 8.93. The Bertz CT molecular complexity index is 869. The Morgan fingerprint density at radius 2 is 1.77 bits per heavy atom. The van der Waals surface area contributed by atoms with Crippen LogP contribution in [0, 0.1) is 10.1 Å². The molecular weight excluding hydrogens is 383 g/mol. The van der Waals surface area contributed by atoms with Gasteiger partial charge in [-0.2, -0.15) is 5.10 Å². The summed E-state index contributed by atoms with van der Waals surface area (Å²) in [5, 5.41) is 17.4. The molecule has 2 N–H and O–H groups in total. The predicted octanol–water partition coefficient (Wildman–Crippen LogP) is 3.38. The zero-order valence-corrected chi connectivity index (χ0v) is 14.6. The van der Waals surface area contributed by atoms with Crippen molar-refractivity contribution in [1.29, 1.82) is 0 Å². The molecule has 0 aromatic heterocycles. The van der Waals surface area contributed by atoms with Gasteiger partial charge in [-0.1, -0.05) is 23.2 Å². The van der Waals surface area contributed by atoms with E-state index in [1.165, 1.54) is 42.6 Å². The maximum absolute atomic E-state index is 11.8. The van der Waals surface area contributed by atoms with E-state index >= 15 is 0 Å². The van der Waals surface area contributed by atoms with Gasteiger partial charge in [0, 0.05) is 17.8 Å². The van der Waals surface area contributed by atoms with Crippen LogP contribution in [0.5, 0.6) is 0 Å². The standard InChI is InChI=1S/C16H12Cl2N4O4/c17-13-6-3-11(7-14(13)18)20-15(23)8-16(24)21-19-9-10-1-4-12(5-2-10)22(25)26/h1-7,9H,8H2,(H,20,23)(H,21,24)/b19-9+. The number of nitrogens with zero attached hydrogens (tertiary/aromatic N) is 2. The van der Waals surface area contributed by atoms with Gasteiger partial charge in [0.15, 0.2) is 0 Å². The summed E-state index contributed by atoms with van der Waals surface area (Å²) in [6, 6.07) is 10.1. The molecular formula is C16H12Cl2N4O4. The molecule has 0 aliphatic carbocycles. The lowest BCUT2D eigenvalue weighted by Crippen LogP contribution is -2.24. The predicted molar refractivity (Wildman–Crippen MR) is 98.5 cm³/mol. The SMILES string of the molecule is O=C(CC(=O)Nc1ccc(Cl)c(Cl)c1)N/N=C/c1ccc([N+](=O)[O-])cc1. The Hall–Kier alpha value is -2.97. The molecule has 0 atom stereocenters. The summed E-state index contributed by atoms with van der Waals surface area (Å²) >= 11 is 11.6. The molecule has 0 unspecified atom stereocenters. The number of rotatable bonds is 6. The number of amides is 2. The van der Waals surface area contributed by atoms with Crippen molar-refractivity contribution >= 4 is 52.6 Å². The van der Waals surface area contributed by atoms with Gasteiger partial charge in [0.05, 0.1) is 21.2 Å². The van der Waals surface area contributed by atoms with Crippen LogP contribution >= 0.6 is 23.2 Å². The van der Waals surface area contributed by atoms with Crippen LogP contribution < -0.4 is 10.7 Å². The minimum absolute atomic E-state index is 0.0508. The highest BCUT2D eigenvalue weighted by molar-refractivity contribution is 6.42. The zero-order chi connectivity index (χ0) is 19.1. The highest BCUT2D eigenvalue weighted by atomic mass is 35.5. The van der Waals surface area contributed by atoms with Gasteiger partial charge in [-0.15, -0.1) is 0 Å². The quantitative estimate of drug-likeness (QED) is 0.338. The summed E-state index contributed by atoms with van der Waals surface area (Å²) in [6.07, 6.45) is 0.857. The molecule has 0 heterocycles. The molecule has 2 aromatic carbocycles.